The number of carboxylic acid groups (broad SMARTS) is 1. The van der Waals surface area contributed by atoms with E-state index in [-0.39, 0.29) is 0 Å². The maximum atomic E-state index is 10.6. The zero-order chi connectivity index (χ0) is 11.4. The standard InChI is InChI=1S/C10H13BrN2O2/c1-12(2)9-5-3-4-8(6-9)7-13(11)10(14)15/h3-6H,7H2,1-2H3,(H,14,15). The molecule has 0 heterocycles. The summed E-state index contributed by atoms with van der Waals surface area (Å²) < 4.78 is 1.07. The van der Waals surface area contributed by atoms with Crippen LogP contribution in [0.15, 0.2) is 24.3 Å². The van der Waals surface area contributed by atoms with E-state index in [9.17, 15) is 4.79 Å². The molecule has 0 unspecified atom stereocenters. The van der Waals surface area contributed by atoms with E-state index in [1.807, 2.05) is 43.3 Å². The van der Waals surface area contributed by atoms with Crippen molar-refractivity contribution in [3.63, 3.8) is 0 Å². The van der Waals surface area contributed by atoms with Gasteiger partial charge in [-0.1, -0.05) is 12.1 Å². The Bertz CT molecular complexity index is 355. The van der Waals surface area contributed by atoms with Crippen LogP contribution in [0.1, 0.15) is 5.56 Å². The summed E-state index contributed by atoms with van der Waals surface area (Å²) in [7, 11) is 3.89. The van der Waals surface area contributed by atoms with Gasteiger partial charge in [0, 0.05) is 19.8 Å². The van der Waals surface area contributed by atoms with Gasteiger partial charge in [0.05, 0.1) is 22.7 Å². The third kappa shape index (κ3) is 3.43. The predicted molar refractivity (Wildman–Crippen MR) is 63.3 cm³/mol. The van der Waals surface area contributed by atoms with Crippen molar-refractivity contribution in [3.8, 4) is 0 Å². The van der Waals surface area contributed by atoms with Gasteiger partial charge in [0.1, 0.15) is 0 Å². The average Bonchev–Trinajstić information content (AvgIpc) is 2.18. The molecule has 4 nitrogen and oxygen atoms in total. The molecule has 1 rings (SSSR count). The van der Waals surface area contributed by atoms with Crippen LogP contribution in [-0.4, -0.2) is 29.2 Å². The third-order valence-electron chi connectivity index (χ3n) is 1.96. The Kier molecular flexibility index (Phi) is 3.96. The number of anilines is 1. The fourth-order valence-corrected chi connectivity index (χ4v) is 1.45. The molecule has 1 aromatic carbocycles. The van der Waals surface area contributed by atoms with Gasteiger partial charge >= 0.3 is 6.09 Å². The lowest BCUT2D eigenvalue weighted by Gasteiger charge is -2.15. The summed E-state index contributed by atoms with van der Waals surface area (Å²) in [5.41, 5.74) is 2.00. The van der Waals surface area contributed by atoms with Gasteiger partial charge in [-0.2, -0.15) is 0 Å². The summed E-state index contributed by atoms with van der Waals surface area (Å²) in [6, 6.07) is 7.73. The van der Waals surface area contributed by atoms with Crippen LogP contribution in [-0.2, 0) is 6.54 Å². The van der Waals surface area contributed by atoms with Crippen LogP contribution in [0.2, 0.25) is 0 Å². The lowest BCUT2D eigenvalue weighted by molar-refractivity contribution is 0.176. The van der Waals surface area contributed by atoms with Gasteiger partial charge in [-0.3, -0.25) is 0 Å². The van der Waals surface area contributed by atoms with Crippen LogP contribution >= 0.6 is 16.1 Å². The molecule has 0 radical (unpaired) electrons. The molecule has 0 saturated heterocycles. The van der Waals surface area contributed by atoms with Crippen molar-refractivity contribution in [2.75, 3.05) is 19.0 Å². The van der Waals surface area contributed by atoms with Crippen molar-refractivity contribution in [1.82, 2.24) is 3.93 Å². The molecule has 0 aliphatic heterocycles. The maximum Gasteiger partial charge on any atom is 0.417 e. The summed E-state index contributed by atoms with van der Waals surface area (Å²) in [5, 5.41) is 8.69. The highest BCUT2D eigenvalue weighted by Gasteiger charge is 2.08. The molecule has 5 heteroatoms. The Morgan fingerprint density at radius 3 is 2.67 bits per heavy atom. The second-order valence-electron chi connectivity index (χ2n) is 3.37. The van der Waals surface area contributed by atoms with Crippen LogP contribution < -0.4 is 4.90 Å². The van der Waals surface area contributed by atoms with E-state index in [2.05, 4.69) is 16.1 Å². The molecule has 0 aliphatic rings. The highest BCUT2D eigenvalue weighted by atomic mass is 79.9. The molecule has 0 bridgehead atoms. The number of halogens is 1. The monoisotopic (exact) mass is 272 g/mol. The first kappa shape index (κ1) is 11.8. The molecular weight excluding hydrogens is 260 g/mol. The Hall–Kier alpha value is -1.23. The topological polar surface area (TPSA) is 43.8 Å². The third-order valence-corrected chi connectivity index (χ3v) is 2.51. The van der Waals surface area contributed by atoms with Crippen molar-refractivity contribution >= 4 is 27.9 Å². The zero-order valence-corrected chi connectivity index (χ0v) is 10.2. The van der Waals surface area contributed by atoms with E-state index in [1.54, 1.807) is 0 Å². The van der Waals surface area contributed by atoms with Crippen molar-refractivity contribution in [3.05, 3.63) is 29.8 Å². The van der Waals surface area contributed by atoms with Gasteiger partial charge in [-0.05, 0) is 17.7 Å². The molecule has 1 N–H and O–H groups in total. The Balaban J connectivity index is 2.78. The first-order valence-corrected chi connectivity index (χ1v) is 5.14. The lowest BCUT2D eigenvalue weighted by Crippen LogP contribution is -2.18. The smallest absolute Gasteiger partial charge is 0.417 e. The number of nitrogens with zero attached hydrogens (tertiary/aromatic N) is 2. The first-order chi connectivity index (χ1) is 7.00. The highest BCUT2D eigenvalue weighted by molar-refractivity contribution is 9.07. The molecule has 0 aromatic heterocycles. The molecule has 15 heavy (non-hydrogen) atoms. The average molecular weight is 273 g/mol. The van der Waals surface area contributed by atoms with Crippen LogP contribution in [0.25, 0.3) is 0 Å². The number of amides is 1. The van der Waals surface area contributed by atoms with E-state index in [4.69, 9.17) is 5.11 Å². The van der Waals surface area contributed by atoms with E-state index in [0.29, 0.717) is 6.54 Å². The minimum absolute atomic E-state index is 0.330. The normalized spacial score (nSPS) is 9.80. The number of hydrogen-bond acceptors (Lipinski definition) is 2. The second-order valence-corrected chi connectivity index (χ2v) is 4.22. The van der Waals surface area contributed by atoms with Gasteiger partial charge in [-0.15, -0.1) is 0 Å². The van der Waals surface area contributed by atoms with E-state index in [0.717, 1.165) is 15.2 Å². The van der Waals surface area contributed by atoms with E-state index < -0.39 is 6.09 Å². The number of carbonyl (C=O) groups is 1. The molecule has 0 saturated carbocycles. The fourth-order valence-electron chi connectivity index (χ4n) is 1.16. The quantitative estimate of drug-likeness (QED) is 0.861. The Morgan fingerprint density at radius 2 is 2.13 bits per heavy atom. The van der Waals surface area contributed by atoms with Gasteiger partial charge in [-0.25, -0.2) is 8.72 Å². The van der Waals surface area contributed by atoms with Gasteiger partial charge in [0.25, 0.3) is 0 Å². The number of rotatable bonds is 3. The largest absolute Gasteiger partial charge is 0.464 e. The fraction of sp³-hybridized carbons (Fsp3) is 0.300. The van der Waals surface area contributed by atoms with Crippen molar-refractivity contribution in [1.29, 1.82) is 0 Å². The van der Waals surface area contributed by atoms with Crippen LogP contribution in [0.3, 0.4) is 0 Å². The molecular formula is C10H13BrN2O2. The Labute approximate surface area is 97.4 Å². The number of hydrogen-bond donors (Lipinski definition) is 1. The van der Waals surface area contributed by atoms with E-state index in [1.165, 1.54) is 0 Å². The van der Waals surface area contributed by atoms with Crippen molar-refractivity contribution in [2.45, 2.75) is 6.54 Å². The van der Waals surface area contributed by atoms with Crippen LogP contribution in [0.4, 0.5) is 10.5 Å². The SMILES string of the molecule is CN(C)c1cccc(CN(Br)C(=O)O)c1. The van der Waals surface area contributed by atoms with Gasteiger partial charge in [0.2, 0.25) is 0 Å². The summed E-state index contributed by atoms with van der Waals surface area (Å²) >= 11 is 2.96. The summed E-state index contributed by atoms with van der Waals surface area (Å²) in [6.07, 6.45) is -0.995. The molecule has 0 fully saturated rings. The summed E-state index contributed by atoms with van der Waals surface area (Å²) in [5.74, 6) is 0. The molecule has 1 aromatic rings. The molecule has 0 atom stereocenters. The van der Waals surface area contributed by atoms with Crippen molar-refractivity contribution in [2.24, 2.45) is 0 Å². The minimum Gasteiger partial charge on any atom is -0.464 e. The van der Waals surface area contributed by atoms with Crippen LogP contribution in [0, 0.1) is 0 Å². The number of benzene rings is 1. The first-order valence-electron chi connectivity index (χ1n) is 4.43. The molecule has 1 amide bonds. The van der Waals surface area contributed by atoms with Gasteiger partial charge in [0.15, 0.2) is 0 Å². The summed E-state index contributed by atoms with van der Waals surface area (Å²) in [4.78, 5) is 12.6. The van der Waals surface area contributed by atoms with E-state index >= 15 is 0 Å². The van der Waals surface area contributed by atoms with Gasteiger partial charge < -0.3 is 10.0 Å². The van der Waals surface area contributed by atoms with Crippen LogP contribution in [0.5, 0.6) is 0 Å². The van der Waals surface area contributed by atoms with Crippen molar-refractivity contribution < 1.29 is 9.90 Å². The maximum absolute atomic E-state index is 10.6. The molecule has 0 aliphatic carbocycles. The second kappa shape index (κ2) is 5.02. The minimum atomic E-state index is -0.995. The Morgan fingerprint density at radius 1 is 1.47 bits per heavy atom. The predicted octanol–water partition coefficient (Wildman–Crippen LogP) is 2.54. The zero-order valence-electron chi connectivity index (χ0n) is 8.64. The lowest BCUT2D eigenvalue weighted by atomic mass is 10.2. The molecule has 82 valence electrons. The summed E-state index contributed by atoms with van der Waals surface area (Å²) in [6.45, 7) is 0.330. The highest BCUT2D eigenvalue weighted by Crippen LogP contribution is 2.16. The molecule has 0 spiro atoms.